The zero-order valence-corrected chi connectivity index (χ0v) is 15.6. The molecule has 26 heavy (non-hydrogen) atoms. The van der Waals surface area contributed by atoms with Gasteiger partial charge < -0.3 is 20.7 Å². The Labute approximate surface area is 153 Å². The highest BCUT2D eigenvalue weighted by atomic mass is 16.5. The van der Waals surface area contributed by atoms with E-state index in [9.17, 15) is 9.59 Å². The van der Waals surface area contributed by atoms with Gasteiger partial charge >= 0.3 is 6.03 Å². The molecule has 6 nitrogen and oxygen atoms in total. The highest BCUT2D eigenvalue weighted by Gasteiger charge is 2.07. The zero-order chi connectivity index (χ0) is 19.1. The van der Waals surface area contributed by atoms with Crippen molar-refractivity contribution in [3.05, 3.63) is 53.6 Å². The molecule has 0 fully saturated rings. The molecule has 0 spiro atoms. The fourth-order valence-electron chi connectivity index (χ4n) is 2.37. The maximum atomic E-state index is 12.0. The second kappa shape index (κ2) is 8.89. The van der Waals surface area contributed by atoms with Gasteiger partial charge in [-0.2, -0.15) is 0 Å². The fraction of sp³-hybridized carbons (Fsp3) is 0.300. The van der Waals surface area contributed by atoms with Crippen LogP contribution in [0.5, 0.6) is 5.75 Å². The lowest BCUT2D eigenvalue weighted by Crippen LogP contribution is -2.34. The van der Waals surface area contributed by atoms with Crippen LogP contribution in [0.4, 0.5) is 16.2 Å². The summed E-state index contributed by atoms with van der Waals surface area (Å²) in [7, 11) is 0. The Morgan fingerprint density at radius 3 is 2.15 bits per heavy atom. The molecule has 0 aliphatic carbocycles. The normalized spacial score (nSPS) is 10.3. The first-order valence-electron chi connectivity index (χ1n) is 8.51. The van der Waals surface area contributed by atoms with Crippen molar-refractivity contribution in [3.63, 3.8) is 0 Å². The second-order valence-corrected chi connectivity index (χ2v) is 6.44. The second-order valence-electron chi connectivity index (χ2n) is 6.44. The summed E-state index contributed by atoms with van der Waals surface area (Å²) in [6.07, 6.45) is 0. The van der Waals surface area contributed by atoms with Crippen molar-refractivity contribution in [1.29, 1.82) is 0 Å². The van der Waals surface area contributed by atoms with E-state index in [0.717, 1.165) is 11.1 Å². The number of urea groups is 1. The third-order valence-electron chi connectivity index (χ3n) is 3.54. The first kappa shape index (κ1) is 19.3. The molecule has 0 aromatic heterocycles. The molecule has 0 aliphatic rings. The molecular formula is C20H25N3O3. The molecule has 0 atom stereocenters. The molecule has 2 aromatic carbocycles. The van der Waals surface area contributed by atoms with Gasteiger partial charge in [0.25, 0.3) is 5.91 Å². The number of amides is 3. The van der Waals surface area contributed by atoms with E-state index in [1.165, 1.54) is 0 Å². The molecule has 0 saturated heterocycles. The van der Waals surface area contributed by atoms with Gasteiger partial charge in [-0.25, -0.2) is 4.79 Å². The van der Waals surface area contributed by atoms with Crippen LogP contribution in [-0.4, -0.2) is 24.6 Å². The number of hydrogen-bond donors (Lipinski definition) is 3. The average molecular weight is 355 g/mol. The molecule has 0 bridgehead atoms. The van der Waals surface area contributed by atoms with E-state index < -0.39 is 0 Å². The van der Waals surface area contributed by atoms with Crippen LogP contribution in [0.15, 0.2) is 42.5 Å². The Morgan fingerprint density at radius 1 is 0.962 bits per heavy atom. The minimum atomic E-state index is -0.265. The highest BCUT2D eigenvalue weighted by Crippen LogP contribution is 2.19. The number of hydrogen-bond acceptors (Lipinski definition) is 3. The van der Waals surface area contributed by atoms with E-state index in [2.05, 4.69) is 16.0 Å². The molecule has 6 heteroatoms. The van der Waals surface area contributed by atoms with Crippen LogP contribution in [-0.2, 0) is 4.79 Å². The molecule has 0 unspecified atom stereocenters. The van der Waals surface area contributed by atoms with E-state index >= 15 is 0 Å². The summed E-state index contributed by atoms with van der Waals surface area (Å²) >= 11 is 0. The number of carbonyl (C=O) groups excluding carboxylic acids is 2. The minimum Gasteiger partial charge on any atom is -0.483 e. The maximum Gasteiger partial charge on any atom is 0.319 e. The van der Waals surface area contributed by atoms with E-state index in [-0.39, 0.29) is 24.6 Å². The van der Waals surface area contributed by atoms with Crippen LogP contribution in [0.3, 0.4) is 0 Å². The highest BCUT2D eigenvalue weighted by molar-refractivity contribution is 5.93. The number of rotatable bonds is 6. The number of carbonyl (C=O) groups is 2. The van der Waals surface area contributed by atoms with Crippen molar-refractivity contribution in [2.24, 2.45) is 0 Å². The minimum absolute atomic E-state index is 0.0609. The lowest BCUT2D eigenvalue weighted by Gasteiger charge is -2.12. The standard InChI is InChI=1S/C20H25N3O3/c1-13(2)21-20(25)23-17-8-6-16(7-9-17)22-19(24)12-26-18-10-5-14(3)11-15(18)4/h5-11,13H,12H2,1-4H3,(H,22,24)(H2,21,23,25). The molecule has 0 aliphatic heterocycles. The summed E-state index contributed by atoms with van der Waals surface area (Å²) in [5, 5.41) is 8.23. The van der Waals surface area contributed by atoms with Crippen LogP contribution in [0.1, 0.15) is 25.0 Å². The van der Waals surface area contributed by atoms with Crippen molar-refractivity contribution >= 4 is 23.3 Å². The molecule has 2 rings (SSSR count). The molecule has 3 N–H and O–H groups in total. The van der Waals surface area contributed by atoms with Gasteiger partial charge in [0.2, 0.25) is 0 Å². The summed E-state index contributed by atoms with van der Waals surface area (Å²) in [6.45, 7) is 7.66. The van der Waals surface area contributed by atoms with Gasteiger partial charge in [0.05, 0.1) is 0 Å². The van der Waals surface area contributed by atoms with E-state index in [1.807, 2.05) is 45.9 Å². The van der Waals surface area contributed by atoms with Crippen LogP contribution in [0.2, 0.25) is 0 Å². The van der Waals surface area contributed by atoms with Crippen molar-refractivity contribution in [2.45, 2.75) is 33.7 Å². The number of ether oxygens (including phenoxy) is 1. The summed E-state index contributed by atoms with van der Waals surface area (Å²) in [5.74, 6) is 0.449. The fourth-order valence-corrected chi connectivity index (χ4v) is 2.37. The molecule has 2 aromatic rings. The van der Waals surface area contributed by atoms with Gasteiger partial charge in [-0.3, -0.25) is 4.79 Å². The third kappa shape index (κ3) is 6.12. The Morgan fingerprint density at radius 2 is 1.58 bits per heavy atom. The van der Waals surface area contributed by atoms with Gasteiger partial charge in [-0.15, -0.1) is 0 Å². The Kier molecular flexibility index (Phi) is 6.60. The van der Waals surface area contributed by atoms with Crippen LogP contribution < -0.4 is 20.7 Å². The van der Waals surface area contributed by atoms with Crippen LogP contribution in [0.25, 0.3) is 0 Å². The Balaban J connectivity index is 1.84. The molecule has 0 heterocycles. The van der Waals surface area contributed by atoms with Gasteiger partial charge in [0.1, 0.15) is 5.75 Å². The number of nitrogens with one attached hydrogen (secondary N) is 3. The number of anilines is 2. The summed E-state index contributed by atoms with van der Waals surface area (Å²) in [6, 6.07) is 12.5. The van der Waals surface area contributed by atoms with Gasteiger partial charge in [-0.1, -0.05) is 17.7 Å². The summed E-state index contributed by atoms with van der Waals surface area (Å²) in [5.41, 5.74) is 3.42. The van der Waals surface area contributed by atoms with Crippen LogP contribution in [0, 0.1) is 13.8 Å². The van der Waals surface area contributed by atoms with E-state index in [0.29, 0.717) is 17.1 Å². The van der Waals surface area contributed by atoms with E-state index in [1.54, 1.807) is 24.3 Å². The zero-order valence-electron chi connectivity index (χ0n) is 15.6. The van der Waals surface area contributed by atoms with Crippen molar-refractivity contribution in [2.75, 3.05) is 17.2 Å². The van der Waals surface area contributed by atoms with E-state index in [4.69, 9.17) is 4.74 Å². The predicted octanol–water partition coefficient (Wildman–Crippen LogP) is 3.85. The lowest BCUT2D eigenvalue weighted by atomic mass is 10.1. The smallest absolute Gasteiger partial charge is 0.319 e. The largest absolute Gasteiger partial charge is 0.483 e. The third-order valence-corrected chi connectivity index (χ3v) is 3.54. The monoisotopic (exact) mass is 355 g/mol. The van der Waals surface area contributed by atoms with Crippen molar-refractivity contribution in [3.8, 4) is 5.75 Å². The topological polar surface area (TPSA) is 79.5 Å². The van der Waals surface area contributed by atoms with Gasteiger partial charge in [-0.05, 0) is 63.6 Å². The van der Waals surface area contributed by atoms with Gasteiger partial charge in [0, 0.05) is 17.4 Å². The number of aryl methyl sites for hydroxylation is 2. The summed E-state index contributed by atoms with van der Waals surface area (Å²) < 4.78 is 5.56. The van der Waals surface area contributed by atoms with Crippen LogP contribution >= 0.6 is 0 Å². The molecule has 0 radical (unpaired) electrons. The van der Waals surface area contributed by atoms with Gasteiger partial charge in [0.15, 0.2) is 6.61 Å². The molecular weight excluding hydrogens is 330 g/mol. The lowest BCUT2D eigenvalue weighted by molar-refractivity contribution is -0.118. The average Bonchev–Trinajstić information content (AvgIpc) is 2.55. The Hall–Kier alpha value is -3.02. The Bertz CT molecular complexity index is 770. The van der Waals surface area contributed by atoms with Crippen molar-refractivity contribution < 1.29 is 14.3 Å². The maximum absolute atomic E-state index is 12.0. The first-order chi connectivity index (χ1) is 12.3. The molecule has 0 saturated carbocycles. The molecule has 3 amide bonds. The SMILES string of the molecule is Cc1ccc(OCC(=O)Nc2ccc(NC(=O)NC(C)C)cc2)c(C)c1. The molecule has 138 valence electrons. The summed E-state index contributed by atoms with van der Waals surface area (Å²) in [4.78, 5) is 23.7. The quantitative estimate of drug-likeness (QED) is 0.736. The van der Waals surface area contributed by atoms with Crippen molar-refractivity contribution in [1.82, 2.24) is 5.32 Å². The predicted molar refractivity (Wildman–Crippen MR) is 104 cm³/mol. The number of benzene rings is 2. The first-order valence-corrected chi connectivity index (χ1v) is 8.51.